The van der Waals surface area contributed by atoms with Crippen molar-refractivity contribution in [3.8, 4) is 0 Å². The number of carbonyl (C=O) groups excluding carboxylic acids is 1. The first-order valence-corrected chi connectivity index (χ1v) is 7.07. The first-order valence-electron chi connectivity index (χ1n) is 7.07. The summed E-state index contributed by atoms with van der Waals surface area (Å²) in [6.07, 6.45) is 1.81. The summed E-state index contributed by atoms with van der Waals surface area (Å²) in [6, 6.07) is 15.2. The highest BCUT2D eigenvalue weighted by Crippen LogP contribution is 2.31. The van der Waals surface area contributed by atoms with E-state index < -0.39 is 0 Å². The Labute approximate surface area is 119 Å². The number of nitrogens with one attached hydrogen (secondary N) is 1. The molecule has 2 nitrogen and oxygen atoms in total. The first kappa shape index (κ1) is 12.9. The number of amides is 1. The zero-order valence-corrected chi connectivity index (χ0v) is 11.9. The third-order valence-electron chi connectivity index (χ3n) is 3.98. The fraction of sp³-hybridized carbons (Fsp3) is 0.278. The van der Waals surface area contributed by atoms with Gasteiger partial charge in [0.2, 0.25) is 5.91 Å². The summed E-state index contributed by atoms with van der Waals surface area (Å²) in [4.78, 5) is 11.5. The molecule has 1 aliphatic carbocycles. The molecule has 0 radical (unpaired) electrons. The number of carbonyl (C=O) groups is 1. The predicted octanol–water partition coefficient (Wildman–Crippen LogP) is 3.32. The van der Waals surface area contributed by atoms with E-state index in [-0.39, 0.29) is 11.9 Å². The number of aryl methyl sites for hydroxylation is 1. The SMILES string of the molecule is CC(=O)NC1Cc2ccccc2Cc2ccc(C)cc21. The number of rotatable bonds is 1. The second-order valence-electron chi connectivity index (χ2n) is 5.60. The van der Waals surface area contributed by atoms with Crippen molar-refractivity contribution in [2.24, 2.45) is 0 Å². The lowest BCUT2D eigenvalue weighted by Crippen LogP contribution is -2.27. The molecule has 102 valence electrons. The molecular formula is C18H19NO. The van der Waals surface area contributed by atoms with E-state index in [0.717, 1.165) is 12.8 Å². The van der Waals surface area contributed by atoms with E-state index in [1.165, 1.54) is 27.8 Å². The van der Waals surface area contributed by atoms with Gasteiger partial charge in [-0.1, -0.05) is 48.0 Å². The standard InChI is InChI=1S/C18H19NO/c1-12-7-8-16-10-14-5-3-4-6-15(14)11-18(17(16)9-12)19-13(2)20/h3-9,18H,10-11H2,1-2H3,(H,19,20). The molecule has 0 spiro atoms. The van der Waals surface area contributed by atoms with Gasteiger partial charge in [0.05, 0.1) is 6.04 Å². The average Bonchev–Trinajstić information content (AvgIpc) is 2.55. The van der Waals surface area contributed by atoms with E-state index in [9.17, 15) is 4.79 Å². The van der Waals surface area contributed by atoms with Crippen LogP contribution in [0.5, 0.6) is 0 Å². The molecule has 2 aromatic carbocycles. The van der Waals surface area contributed by atoms with Gasteiger partial charge in [-0.2, -0.15) is 0 Å². The molecule has 0 bridgehead atoms. The second-order valence-corrected chi connectivity index (χ2v) is 5.60. The van der Waals surface area contributed by atoms with Gasteiger partial charge >= 0.3 is 0 Å². The molecule has 1 unspecified atom stereocenters. The van der Waals surface area contributed by atoms with Crippen LogP contribution in [0.25, 0.3) is 0 Å². The summed E-state index contributed by atoms with van der Waals surface area (Å²) in [5.74, 6) is 0.0295. The van der Waals surface area contributed by atoms with Crippen LogP contribution >= 0.6 is 0 Å². The molecule has 0 heterocycles. The summed E-state index contributed by atoms with van der Waals surface area (Å²) >= 11 is 0. The zero-order valence-electron chi connectivity index (χ0n) is 11.9. The molecule has 0 saturated heterocycles. The lowest BCUT2D eigenvalue weighted by Gasteiger charge is -2.19. The van der Waals surface area contributed by atoms with Crippen LogP contribution in [0.1, 0.15) is 40.8 Å². The van der Waals surface area contributed by atoms with E-state index in [0.29, 0.717) is 0 Å². The third kappa shape index (κ3) is 2.46. The van der Waals surface area contributed by atoms with Gasteiger partial charge < -0.3 is 5.32 Å². The predicted molar refractivity (Wildman–Crippen MR) is 80.7 cm³/mol. The Bertz CT molecular complexity index is 660. The van der Waals surface area contributed by atoms with E-state index in [1.807, 2.05) is 0 Å². The monoisotopic (exact) mass is 265 g/mol. The lowest BCUT2D eigenvalue weighted by molar-refractivity contribution is -0.119. The maximum absolute atomic E-state index is 11.5. The minimum Gasteiger partial charge on any atom is -0.349 e. The number of hydrogen-bond acceptors (Lipinski definition) is 1. The van der Waals surface area contributed by atoms with E-state index in [4.69, 9.17) is 0 Å². The van der Waals surface area contributed by atoms with Gasteiger partial charge in [0.15, 0.2) is 0 Å². The molecule has 0 aliphatic heterocycles. The molecule has 2 aromatic rings. The van der Waals surface area contributed by atoms with Crippen molar-refractivity contribution in [3.63, 3.8) is 0 Å². The van der Waals surface area contributed by atoms with Crippen molar-refractivity contribution in [1.29, 1.82) is 0 Å². The Balaban J connectivity index is 2.11. The number of benzene rings is 2. The number of hydrogen-bond donors (Lipinski definition) is 1. The van der Waals surface area contributed by atoms with Crippen molar-refractivity contribution in [2.45, 2.75) is 32.7 Å². The van der Waals surface area contributed by atoms with Gasteiger partial charge in [-0.05, 0) is 42.0 Å². The molecule has 20 heavy (non-hydrogen) atoms. The average molecular weight is 265 g/mol. The minimum absolute atomic E-state index is 0.0295. The highest BCUT2D eigenvalue weighted by molar-refractivity contribution is 5.73. The molecule has 2 heteroatoms. The molecule has 1 aliphatic rings. The maximum atomic E-state index is 11.5. The van der Waals surface area contributed by atoms with Crippen LogP contribution < -0.4 is 5.32 Å². The highest BCUT2D eigenvalue weighted by Gasteiger charge is 2.22. The van der Waals surface area contributed by atoms with Crippen LogP contribution in [0.15, 0.2) is 42.5 Å². The smallest absolute Gasteiger partial charge is 0.217 e. The Morgan fingerprint density at radius 3 is 2.60 bits per heavy atom. The lowest BCUT2D eigenvalue weighted by atomic mass is 9.96. The molecule has 0 fully saturated rings. The minimum atomic E-state index is 0.0295. The molecule has 1 N–H and O–H groups in total. The summed E-state index contributed by atoms with van der Waals surface area (Å²) in [5.41, 5.74) is 6.52. The van der Waals surface area contributed by atoms with Gasteiger partial charge in [0, 0.05) is 6.92 Å². The van der Waals surface area contributed by atoms with Gasteiger partial charge in [0.1, 0.15) is 0 Å². The fourth-order valence-corrected chi connectivity index (χ4v) is 3.04. The van der Waals surface area contributed by atoms with E-state index >= 15 is 0 Å². The maximum Gasteiger partial charge on any atom is 0.217 e. The summed E-state index contributed by atoms with van der Waals surface area (Å²) < 4.78 is 0. The molecule has 0 saturated carbocycles. The Kier molecular flexibility index (Phi) is 3.31. The van der Waals surface area contributed by atoms with Crippen molar-refractivity contribution in [3.05, 3.63) is 70.3 Å². The van der Waals surface area contributed by atoms with Crippen LogP contribution in [0.2, 0.25) is 0 Å². The topological polar surface area (TPSA) is 29.1 Å². The van der Waals surface area contributed by atoms with Crippen LogP contribution in [-0.2, 0) is 17.6 Å². The Morgan fingerprint density at radius 2 is 1.85 bits per heavy atom. The summed E-state index contributed by atoms with van der Waals surface area (Å²) in [7, 11) is 0. The molecule has 3 rings (SSSR count). The van der Waals surface area contributed by atoms with Gasteiger partial charge in [-0.3, -0.25) is 4.79 Å². The van der Waals surface area contributed by atoms with Gasteiger partial charge in [-0.15, -0.1) is 0 Å². The van der Waals surface area contributed by atoms with Crippen LogP contribution in [0.4, 0.5) is 0 Å². The van der Waals surface area contributed by atoms with E-state index in [2.05, 4.69) is 54.7 Å². The van der Waals surface area contributed by atoms with Crippen LogP contribution in [0.3, 0.4) is 0 Å². The van der Waals surface area contributed by atoms with Crippen LogP contribution in [-0.4, -0.2) is 5.91 Å². The molecule has 1 amide bonds. The van der Waals surface area contributed by atoms with Crippen LogP contribution in [0, 0.1) is 6.92 Å². The molecule has 0 aromatic heterocycles. The van der Waals surface area contributed by atoms with Crippen molar-refractivity contribution < 1.29 is 4.79 Å². The normalized spacial score (nSPS) is 16.8. The van der Waals surface area contributed by atoms with E-state index in [1.54, 1.807) is 6.92 Å². The van der Waals surface area contributed by atoms with Crippen molar-refractivity contribution in [2.75, 3.05) is 0 Å². The summed E-state index contributed by atoms with van der Waals surface area (Å²) in [6.45, 7) is 3.69. The Hall–Kier alpha value is -2.09. The van der Waals surface area contributed by atoms with Crippen molar-refractivity contribution >= 4 is 5.91 Å². The second kappa shape index (κ2) is 5.12. The van der Waals surface area contributed by atoms with Crippen molar-refractivity contribution in [1.82, 2.24) is 5.32 Å². The number of fused-ring (bicyclic) bond motifs is 2. The quantitative estimate of drug-likeness (QED) is 0.842. The molecule has 1 atom stereocenters. The molecular weight excluding hydrogens is 246 g/mol. The zero-order chi connectivity index (χ0) is 14.1. The Morgan fingerprint density at radius 1 is 1.10 bits per heavy atom. The first-order chi connectivity index (χ1) is 9.63. The van der Waals surface area contributed by atoms with Gasteiger partial charge in [-0.25, -0.2) is 0 Å². The summed E-state index contributed by atoms with van der Waals surface area (Å²) in [5, 5.41) is 3.11. The third-order valence-corrected chi connectivity index (χ3v) is 3.98. The van der Waals surface area contributed by atoms with Gasteiger partial charge in [0.25, 0.3) is 0 Å². The largest absolute Gasteiger partial charge is 0.349 e. The fourth-order valence-electron chi connectivity index (χ4n) is 3.04. The highest BCUT2D eigenvalue weighted by atomic mass is 16.1.